The summed E-state index contributed by atoms with van der Waals surface area (Å²) in [5.74, 6) is 0.206. The molecule has 0 atom stereocenters. The zero-order valence-electron chi connectivity index (χ0n) is 13.0. The zero-order chi connectivity index (χ0) is 13.9. The van der Waals surface area contributed by atoms with Crippen LogP contribution in [0.4, 0.5) is 0 Å². The predicted octanol–water partition coefficient (Wildman–Crippen LogP) is 1.33. The Morgan fingerprint density at radius 2 is 1.62 bits per heavy atom. The van der Waals surface area contributed by atoms with Gasteiger partial charge in [-0.1, -0.05) is 0 Å². The normalized spacial score (nSPS) is 22.6. The molecule has 1 N–H and O–H groups in total. The maximum Gasteiger partial charge on any atom is 0.213 e. The van der Waals surface area contributed by atoms with Gasteiger partial charge < -0.3 is 10.2 Å². The quantitative estimate of drug-likeness (QED) is 0.820. The highest BCUT2D eigenvalue weighted by Crippen LogP contribution is 2.22. The van der Waals surface area contributed by atoms with Crippen molar-refractivity contribution in [3.8, 4) is 0 Å². The van der Waals surface area contributed by atoms with E-state index in [2.05, 4.69) is 10.2 Å². The molecular weight excluding hydrogens is 333 g/mol. The Balaban J connectivity index is 0.00000200. The number of rotatable bonds is 4. The third-order valence-corrected chi connectivity index (χ3v) is 6.55. The highest BCUT2D eigenvalue weighted by Gasteiger charge is 2.31. The summed E-state index contributed by atoms with van der Waals surface area (Å²) in [6.45, 7) is 6.04. The van der Waals surface area contributed by atoms with Gasteiger partial charge in [-0.15, -0.1) is 24.8 Å². The SMILES string of the molecule is CCS(=O)(=O)N(C)C1CCN(C2CCNCC2)CC1.Cl.Cl. The Bertz CT molecular complexity index is 381. The Morgan fingerprint density at radius 1 is 1.10 bits per heavy atom. The van der Waals surface area contributed by atoms with Crippen molar-refractivity contribution in [3.63, 3.8) is 0 Å². The molecule has 0 unspecified atom stereocenters. The van der Waals surface area contributed by atoms with E-state index in [0.717, 1.165) is 39.0 Å². The lowest BCUT2D eigenvalue weighted by atomic mass is 9.99. The Hall–Kier alpha value is 0.410. The minimum absolute atomic E-state index is 0. The number of halogens is 2. The second-order valence-corrected chi connectivity index (χ2v) is 7.98. The molecule has 128 valence electrons. The van der Waals surface area contributed by atoms with E-state index in [9.17, 15) is 8.42 Å². The number of hydrogen-bond donors (Lipinski definition) is 1. The molecule has 2 heterocycles. The van der Waals surface area contributed by atoms with Gasteiger partial charge in [0.25, 0.3) is 0 Å². The molecule has 0 bridgehead atoms. The minimum Gasteiger partial charge on any atom is -0.317 e. The van der Waals surface area contributed by atoms with E-state index in [1.54, 1.807) is 18.3 Å². The molecule has 0 spiro atoms. The van der Waals surface area contributed by atoms with Crippen LogP contribution in [0.3, 0.4) is 0 Å². The van der Waals surface area contributed by atoms with Gasteiger partial charge in [-0.05, 0) is 58.8 Å². The molecular formula is C13H29Cl2N3O2S. The number of sulfonamides is 1. The van der Waals surface area contributed by atoms with Crippen LogP contribution < -0.4 is 5.32 Å². The maximum atomic E-state index is 11.9. The molecule has 0 aromatic carbocycles. The van der Waals surface area contributed by atoms with Crippen molar-refractivity contribution >= 4 is 34.8 Å². The van der Waals surface area contributed by atoms with Crippen LogP contribution in [0.15, 0.2) is 0 Å². The first-order valence-electron chi connectivity index (χ1n) is 7.45. The molecule has 0 saturated carbocycles. The van der Waals surface area contributed by atoms with Gasteiger partial charge in [0, 0.05) is 19.1 Å². The van der Waals surface area contributed by atoms with Gasteiger partial charge in [0.2, 0.25) is 10.0 Å². The van der Waals surface area contributed by atoms with Crippen molar-refractivity contribution in [2.75, 3.05) is 39.0 Å². The van der Waals surface area contributed by atoms with E-state index < -0.39 is 10.0 Å². The van der Waals surface area contributed by atoms with E-state index in [1.165, 1.54) is 12.8 Å². The first-order valence-corrected chi connectivity index (χ1v) is 9.06. The van der Waals surface area contributed by atoms with E-state index >= 15 is 0 Å². The third kappa shape index (κ3) is 5.52. The minimum atomic E-state index is -3.04. The van der Waals surface area contributed by atoms with Crippen LogP contribution >= 0.6 is 24.8 Å². The largest absolute Gasteiger partial charge is 0.317 e. The van der Waals surface area contributed by atoms with Crippen molar-refractivity contribution in [3.05, 3.63) is 0 Å². The lowest BCUT2D eigenvalue weighted by Gasteiger charge is -2.41. The fraction of sp³-hybridized carbons (Fsp3) is 1.00. The summed E-state index contributed by atoms with van der Waals surface area (Å²) >= 11 is 0. The lowest BCUT2D eigenvalue weighted by Crippen LogP contribution is -2.51. The van der Waals surface area contributed by atoms with Gasteiger partial charge in [-0.3, -0.25) is 0 Å². The van der Waals surface area contributed by atoms with Crippen molar-refractivity contribution in [2.24, 2.45) is 0 Å². The van der Waals surface area contributed by atoms with Gasteiger partial charge in [-0.25, -0.2) is 12.7 Å². The van der Waals surface area contributed by atoms with Crippen molar-refractivity contribution in [1.29, 1.82) is 0 Å². The molecule has 2 saturated heterocycles. The van der Waals surface area contributed by atoms with Crippen LogP contribution in [0.2, 0.25) is 0 Å². The Kier molecular flexibility index (Phi) is 9.71. The first-order chi connectivity index (χ1) is 9.04. The number of hydrogen-bond acceptors (Lipinski definition) is 4. The summed E-state index contributed by atoms with van der Waals surface area (Å²) in [6, 6.07) is 0.901. The molecule has 8 heteroatoms. The summed E-state index contributed by atoms with van der Waals surface area (Å²) in [7, 11) is -1.30. The second kappa shape index (κ2) is 9.53. The van der Waals surface area contributed by atoms with Crippen molar-refractivity contribution < 1.29 is 8.42 Å². The summed E-state index contributed by atoms with van der Waals surface area (Å²) in [5, 5.41) is 3.39. The van der Waals surface area contributed by atoms with E-state index in [0.29, 0.717) is 6.04 Å². The van der Waals surface area contributed by atoms with Crippen LogP contribution in [0, 0.1) is 0 Å². The first kappa shape index (κ1) is 21.4. The molecule has 0 radical (unpaired) electrons. The molecule has 2 fully saturated rings. The molecule has 0 amide bonds. The number of nitrogens with zero attached hydrogens (tertiary/aromatic N) is 2. The fourth-order valence-corrected chi connectivity index (χ4v) is 4.29. The molecule has 5 nitrogen and oxygen atoms in total. The molecule has 0 aromatic heterocycles. The fourth-order valence-electron chi connectivity index (χ4n) is 3.22. The summed E-state index contributed by atoms with van der Waals surface area (Å²) in [4.78, 5) is 2.56. The molecule has 2 rings (SSSR count). The Labute approximate surface area is 141 Å². The topological polar surface area (TPSA) is 52.7 Å². The number of nitrogens with one attached hydrogen (secondary N) is 1. The van der Waals surface area contributed by atoms with E-state index in [1.807, 2.05) is 0 Å². The zero-order valence-corrected chi connectivity index (χ0v) is 15.4. The maximum absolute atomic E-state index is 11.9. The molecule has 21 heavy (non-hydrogen) atoms. The van der Waals surface area contributed by atoms with Crippen LogP contribution in [0.25, 0.3) is 0 Å². The molecule has 0 aliphatic carbocycles. The van der Waals surface area contributed by atoms with E-state index in [4.69, 9.17) is 0 Å². The highest BCUT2D eigenvalue weighted by atomic mass is 35.5. The van der Waals surface area contributed by atoms with Gasteiger partial charge in [0.05, 0.1) is 5.75 Å². The smallest absolute Gasteiger partial charge is 0.213 e. The van der Waals surface area contributed by atoms with Crippen LogP contribution in [0.5, 0.6) is 0 Å². The molecule has 0 aromatic rings. The standard InChI is InChI=1S/C13H27N3O2S.2ClH/c1-3-19(17,18)15(2)12-6-10-16(11-7-12)13-4-8-14-9-5-13;;/h12-14H,3-11H2,1-2H3;2*1H. The number of piperidine rings is 2. The summed E-state index contributed by atoms with van der Waals surface area (Å²) < 4.78 is 25.4. The molecule has 2 aliphatic heterocycles. The lowest BCUT2D eigenvalue weighted by molar-refractivity contribution is 0.106. The number of likely N-dealkylation sites (tertiary alicyclic amines) is 1. The highest BCUT2D eigenvalue weighted by molar-refractivity contribution is 7.89. The third-order valence-electron chi connectivity index (χ3n) is 4.64. The average Bonchev–Trinajstić information content (AvgIpc) is 2.47. The van der Waals surface area contributed by atoms with Crippen LogP contribution in [-0.4, -0.2) is 68.7 Å². The van der Waals surface area contributed by atoms with Crippen LogP contribution in [0.1, 0.15) is 32.6 Å². The summed E-state index contributed by atoms with van der Waals surface area (Å²) in [6.07, 6.45) is 4.40. The monoisotopic (exact) mass is 361 g/mol. The molecule has 2 aliphatic rings. The summed E-state index contributed by atoms with van der Waals surface area (Å²) in [5.41, 5.74) is 0. The Morgan fingerprint density at radius 3 is 2.10 bits per heavy atom. The van der Waals surface area contributed by atoms with Gasteiger partial charge >= 0.3 is 0 Å². The van der Waals surface area contributed by atoms with E-state index in [-0.39, 0.29) is 36.6 Å². The second-order valence-electron chi connectivity index (χ2n) is 5.67. The van der Waals surface area contributed by atoms with Gasteiger partial charge in [-0.2, -0.15) is 0 Å². The van der Waals surface area contributed by atoms with Gasteiger partial charge in [0.1, 0.15) is 0 Å². The predicted molar refractivity (Wildman–Crippen MR) is 92.2 cm³/mol. The van der Waals surface area contributed by atoms with Gasteiger partial charge in [0.15, 0.2) is 0 Å². The van der Waals surface area contributed by atoms with Crippen molar-refractivity contribution in [1.82, 2.24) is 14.5 Å². The van der Waals surface area contributed by atoms with Crippen molar-refractivity contribution in [2.45, 2.75) is 44.7 Å². The average molecular weight is 362 g/mol. The van der Waals surface area contributed by atoms with Crippen LogP contribution in [-0.2, 0) is 10.0 Å².